The van der Waals surface area contributed by atoms with E-state index in [-0.39, 0.29) is 17.9 Å². The van der Waals surface area contributed by atoms with Crippen LogP contribution in [0.4, 0.5) is 0 Å². The molecule has 2 aromatic rings. The second-order valence-corrected chi connectivity index (χ2v) is 5.66. The van der Waals surface area contributed by atoms with E-state index >= 15 is 0 Å². The predicted octanol–water partition coefficient (Wildman–Crippen LogP) is 3.09. The number of nitrogens with zero attached hydrogens (tertiary/aromatic N) is 3. The zero-order valence-electron chi connectivity index (χ0n) is 11.5. The summed E-state index contributed by atoms with van der Waals surface area (Å²) in [7, 11) is 1.75. The Bertz CT molecular complexity index is 548. The van der Waals surface area contributed by atoms with Crippen LogP contribution in [0.1, 0.15) is 54.0 Å². The molecule has 19 heavy (non-hydrogen) atoms. The third-order valence-electron chi connectivity index (χ3n) is 3.03. The molecular weight excluding hydrogens is 262 g/mol. The van der Waals surface area contributed by atoms with Gasteiger partial charge in [0.2, 0.25) is 0 Å². The number of hydrogen-bond donors (Lipinski definition) is 0. The summed E-state index contributed by atoms with van der Waals surface area (Å²) in [6.07, 6.45) is 1.74. The van der Waals surface area contributed by atoms with Gasteiger partial charge in [-0.1, -0.05) is 19.0 Å². The maximum Gasteiger partial charge on any atom is 0.276 e. The molecule has 102 valence electrons. The predicted molar refractivity (Wildman–Crippen MR) is 73.2 cm³/mol. The third kappa shape index (κ3) is 2.84. The van der Waals surface area contributed by atoms with Crippen molar-refractivity contribution in [3.05, 3.63) is 34.1 Å². The van der Waals surface area contributed by atoms with Gasteiger partial charge in [-0.15, -0.1) is 11.3 Å². The van der Waals surface area contributed by atoms with E-state index in [1.807, 2.05) is 26.2 Å². The molecule has 0 aliphatic carbocycles. The lowest BCUT2D eigenvalue weighted by Gasteiger charge is -2.21. The Hall–Kier alpha value is -1.69. The van der Waals surface area contributed by atoms with Crippen molar-refractivity contribution in [2.24, 2.45) is 0 Å². The number of rotatable bonds is 4. The van der Waals surface area contributed by atoms with Crippen LogP contribution in [0.5, 0.6) is 0 Å². The molecule has 0 bridgehead atoms. The normalized spacial score (nSPS) is 12.7. The van der Waals surface area contributed by atoms with E-state index in [1.165, 1.54) is 11.3 Å². The SMILES string of the molecule is CC(C)c1cc(C(=O)N(C)C(C)c2nccs2)no1. The van der Waals surface area contributed by atoms with E-state index < -0.39 is 0 Å². The molecule has 0 spiro atoms. The van der Waals surface area contributed by atoms with Crippen LogP contribution >= 0.6 is 11.3 Å². The van der Waals surface area contributed by atoms with Gasteiger partial charge in [-0.3, -0.25) is 4.79 Å². The minimum atomic E-state index is -0.154. The molecule has 6 heteroatoms. The van der Waals surface area contributed by atoms with E-state index in [1.54, 1.807) is 24.2 Å². The van der Waals surface area contributed by atoms with Gasteiger partial charge in [0.15, 0.2) is 5.69 Å². The lowest BCUT2D eigenvalue weighted by molar-refractivity contribution is 0.0732. The molecule has 1 unspecified atom stereocenters. The van der Waals surface area contributed by atoms with Crippen molar-refractivity contribution >= 4 is 17.2 Å². The Morgan fingerprint density at radius 3 is 2.68 bits per heavy atom. The van der Waals surface area contributed by atoms with Crippen molar-refractivity contribution in [1.82, 2.24) is 15.0 Å². The molecular formula is C13H17N3O2S. The van der Waals surface area contributed by atoms with Gasteiger partial charge in [0, 0.05) is 30.6 Å². The van der Waals surface area contributed by atoms with Crippen molar-refractivity contribution in [3.63, 3.8) is 0 Å². The number of carbonyl (C=O) groups excluding carboxylic acids is 1. The fourth-order valence-electron chi connectivity index (χ4n) is 1.63. The zero-order valence-corrected chi connectivity index (χ0v) is 12.3. The molecule has 0 saturated carbocycles. The molecule has 0 N–H and O–H groups in total. The van der Waals surface area contributed by atoms with Gasteiger partial charge in [-0.05, 0) is 6.92 Å². The topological polar surface area (TPSA) is 59.2 Å². The van der Waals surface area contributed by atoms with E-state index in [2.05, 4.69) is 10.1 Å². The molecule has 1 atom stereocenters. The van der Waals surface area contributed by atoms with Crippen molar-refractivity contribution in [1.29, 1.82) is 0 Å². The minimum Gasteiger partial charge on any atom is -0.360 e. The Balaban J connectivity index is 2.14. The standard InChI is InChI=1S/C13H17N3O2S/c1-8(2)11-7-10(15-18-11)13(17)16(4)9(3)12-14-5-6-19-12/h5-9H,1-4H3. The van der Waals surface area contributed by atoms with E-state index in [9.17, 15) is 4.79 Å². The fourth-order valence-corrected chi connectivity index (χ4v) is 2.36. The molecule has 0 aliphatic heterocycles. The maximum atomic E-state index is 12.3. The summed E-state index contributed by atoms with van der Waals surface area (Å²) in [4.78, 5) is 18.2. The average molecular weight is 279 g/mol. The first-order chi connectivity index (χ1) is 9.00. The fraction of sp³-hybridized carbons (Fsp3) is 0.462. The Labute approximate surface area is 116 Å². The van der Waals surface area contributed by atoms with Crippen LogP contribution in [0.25, 0.3) is 0 Å². The molecule has 0 saturated heterocycles. The van der Waals surface area contributed by atoms with Gasteiger partial charge in [0.1, 0.15) is 10.8 Å². The largest absolute Gasteiger partial charge is 0.360 e. The van der Waals surface area contributed by atoms with Gasteiger partial charge in [0.25, 0.3) is 5.91 Å². The highest BCUT2D eigenvalue weighted by Crippen LogP contribution is 2.23. The van der Waals surface area contributed by atoms with E-state index in [4.69, 9.17) is 4.52 Å². The van der Waals surface area contributed by atoms with Gasteiger partial charge >= 0.3 is 0 Å². The summed E-state index contributed by atoms with van der Waals surface area (Å²) < 4.78 is 5.16. The molecule has 2 rings (SSSR count). The maximum absolute atomic E-state index is 12.3. The summed E-state index contributed by atoms with van der Waals surface area (Å²) in [5.74, 6) is 0.785. The number of amides is 1. The molecule has 2 aromatic heterocycles. The molecule has 0 aromatic carbocycles. The van der Waals surface area contributed by atoms with Crippen molar-refractivity contribution in [3.8, 4) is 0 Å². The summed E-state index contributed by atoms with van der Waals surface area (Å²) in [6.45, 7) is 5.94. The van der Waals surface area contributed by atoms with Crippen LogP contribution < -0.4 is 0 Å². The van der Waals surface area contributed by atoms with E-state index in [0.29, 0.717) is 5.69 Å². The minimum absolute atomic E-state index is 0.0771. The van der Waals surface area contributed by atoms with Crippen LogP contribution in [-0.4, -0.2) is 28.0 Å². The number of hydrogen-bond acceptors (Lipinski definition) is 5. The summed E-state index contributed by atoms with van der Waals surface area (Å²) in [5, 5.41) is 6.64. The highest BCUT2D eigenvalue weighted by Gasteiger charge is 2.23. The summed E-state index contributed by atoms with van der Waals surface area (Å²) >= 11 is 1.53. The second kappa shape index (κ2) is 5.52. The van der Waals surface area contributed by atoms with Gasteiger partial charge in [0.05, 0.1) is 6.04 Å². The van der Waals surface area contributed by atoms with Crippen LogP contribution in [0, 0.1) is 0 Å². The molecule has 2 heterocycles. The first-order valence-electron chi connectivity index (χ1n) is 6.14. The lowest BCUT2D eigenvalue weighted by Crippen LogP contribution is -2.29. The number of aromatic nitrogens is 2. The zero-order chi connectivity index (χ0) is 14.0. The lowest BCUT2D eigenvalue weighted by atomic mass is 10.1. The van der Waals surface area contributed by atoms with Crippen LogP contribution in [0.15, 0.2) is 22.2 Å². The molecule has 0 fully saturated rings. The van der Waals surface area contributed by atoms with Crippen molar-refractivity contribution in [2.75, 3.05) is 7.05 Å². The van der Waals surface area contributed by atoms with Gasteiger partial charge < -0.3 is 9.42 Å². The monoisotopic (exact) mass is 279 g/mol. The molecule has 0 radical (unpaired) electrons. The first kappa shape index (κ1) is 13.7. The van der Waals surface area contributed by atoms with Crippen molar-refractivity contribution < 1.29 is 9.32 Å². The summed E-state index contributed by atoms with van der Waals surface area (Å²) in [5.41, 5.74) is 0.342. The average Bonchev–Trinajstić information content (AvgIpc) is 3.06. The Morgan fingerprint density at radius 2 is 2.16 bits per heavy atom. The number of carbonyl (C=O) groups is 1. The van der Waals surface area contributed by atoms with Gasteiger partial charge in [-0.25, -0.2) is 4.98 Å². The molecule has 5 nitrogen and oxygen atoms in total. The summed E-state index contributed by atoms with van der Waals surface area (Å²) in [6, 6.07) is 1.63. The quantitative estimate of drug-likeness (QED) is 0.863. The second-order valence-electron chi connectivity index (χ2n) is 4.73. The highest BCUT2D eigenvalue weighted by molar-refractivity contribution is 7.09. The number of thiazole rings is 1. The smallest absolute Gasteiger partial charge is 0.276 e. The van der Waals surface area contributed by atoms with Crippen LogP contribution in [-0.2, 0) is 0 Å². The highest BCUT2D eigenvalue weighted by atomic mass is 32.1. The van der Waals surface area contributed by atoms with Crippen LogP contribution in [0.2, 0.25) is 0 Å². The molecule has 0 aliphatic rings. The van der Waals surface area contributed by atoms with Crippen molar-refractivity contribution in [2.45, 2.75) is 32.7 Å². The van der Waals surface area contributed by atoms with Gasteiger partial charge in [-0.2, -0.15) is 0 Å². The molecule has 1 amide bonds. The third-order valence-corrected chi connectivity index (χ3v) is 3.97. The first-order valence-corrected chi connectivity index (χ1v) is 7.01. The Morgan fingerprint density at radius 1 is 1.42 bits per heavy atom. The Kier molecular flexibility index (Phi) is 3.99. The van der Waals surface area contributed by atoms with Crippen LogP contribution in [0.3, 0.4) is 0 Å². The van der Waals surface area contributed by atoms with E-state index in [0.717, 1.165) is 10.8 Å².